The maximum absolute atomic E-state index is 12.0. The molecule has 1 atom stereocenters. The first kappa shape index (κ1) is 15.3. The predicted molar refractivity (Wildman–Crippen MR) is 62.5 cm³/mol. The Kier molecular flexibility index (Phi) is 5.13. The number of hydrogen-bond donors (Lipinski definition) is 2. The van der Waals surface area contributed by atoms with Crippen LogP contribution in [0.1, 0.15) is 10.4 Å². The van der Waals surface area contributed by atoms with Crippen LogP contribution in [0.4, 0.5) is 14.5 Å². The number of halogens is 3. The fraction of sp³-hybridized carbons (Fsp3) is 0.300. The molecule has 0 aliphatic carbocycles. The second-order valence-electron chi connectivity index (χ2n) is 3.53. The van der Waals surface area contributed by atoms with E-state index in [9.17, 15) is 23.7 Å². The molecule has 0 radical (unpaired) electrons. The van der Waals surface area contributed by atoms with Crippen LogP contribution in [-0.2, 0) is 0 Å². The zero-order chi connectivity index (χ0) is 14.6. The van der Waals surface area contributed by atoms with Gasteiger partial charge in [-0.2, -0.15) is 0 Å². The van der Waals surface area contributed by atoms with Crippen molar-refractivity contribution in [3.05, 3.63) is 38.9 Å². The van der Waals surface area contributed by atoms with Gasteiger partial charge in [0, 0.05) is 18.7 Å². The third kappa shape index (κ3) is 4.11. The number of carbonyl (C=O) groups excluding carboxylic acids is 1. The number of carbonyl (C=O) groups is 1. The SMILES string of the molecule is O=C(NCC(O)C(F)F)c1cc([N+](=O)[O-])ccc1Cl. The minimum Gasteiger partial charge on any atom is -0.385 e. The Hall–Kier alpha value is -1.80. The standard InChI is InChI=1S/C10H9ClF2N2O4/c11-7-2-1-5(15(18)19)3-6(7)10(17)14-4-8(16)9(12)13/h1-3,8-9,16H,4H2,(H,14,17). The van der Waals surface area contributed by atoms with Gasteiger partial charge in [0.25, 0.3) is 18.0 Å². The maximum Gasteiger partial charge on any atom is 0.270 e. The van der Waals surface area contributed by atoms with Crippen LogP contribution in [-0.4, -0.2) is 35.0 Å². The molecule has 0 aromatic heterocycles. The van der Waals surface area contributed by atoms with E-state index in [2.05, 4.69) is 0 Å². The van der Waals surface area contributed by atoms with Crippen molar-refractivity contribution in [1.29, 1.82) is 0 Å². The number of aliphatic hydroxyl groups excluding tert-OH is 1. The van der Waals surface area contributed by atoms with Gasteiger partial charge in [-0.1, -0.05) is 11.6 Å². The van der Waals surface area contributed by atoms with Crippen LogP contribution >= 0.6 is 11.6 Å². The summed E-state index contributed by atoms with van der Waals surface area (Å²) in [4.78, 5) is 21.4. The Bertz CT molecular complexity index is 498. The van der Waals surface area contributed by atoms with Crippen LogP contribution in [0.2, 0.25) is 5.02 Å². The first-order valence-corrected chi connectivity index (χ1v) is 5.39. The van der Waals surface area contributed by atoms with Gasteiger partial charge in [0.05, 0.1) is 15.5 Å². The number of benzene rings is 1. The average molecular weight is 295 g/mol. The molecule has 104 valence electrons. The van der Waals surface area contributed by atoms with E-state index in [0.717, 1.165) is 18.2 Å². The van der Waals surface area contributed by atoms with E-state index in [-0.39, 0.29) is 16.3 Å². The minimum absolute atomic E-state index is 0.0605. The van der Waals surface area contributed by atoms with Gasteiger partial charge in [-0.15, -0.1) is 0 Å². The summed E-state index contributed by atoms with van der Waals surface area (Å²) < 4.78 is 24.0. The molecular weight excluding hydrogens is 286 g/mol. The summed E-state index contributed by atoms with van der Waals surface area (Å²) in [5, 5.41) is 21.3. The normalized spacial score (nSPS) is 12.3. The molecule has 1 aromatic rings. The first-order valence-electron chi connectivity index (χ1n) is 5.01. The lowest BCUT2D eigenvalue weighted by Gasteiger charge is -2.11. The van der Waals surface area contributed by atoms with E-state index in [1.807, 2.05) is 5.32 Å². The van der Waals surface area contributed by atoms with Gasteiger partial charge < -0.3 is 10.4 Å². The maximum atomic E-state index is 12.0. The Morgan fingerprint density at radius 2 is 2.16 bits per heavy atom. The number of hydrogen-bond acceptors (Lipinski definition) is 4. The first-order chi connectivity index (χ1) is 8.82. The van der Waals surface area contributed by atoms with Crippen molar-refractivity contribution in [2.45, 2.75) is 12.5 Å². The fourth-order valence-electron chi connectivity index (χ4n) is 1.18. The molecule has 1 rings (SSSR count). The summed E-state index contributed by atoms with van der Waals surface area (Å²) in [7, 11) is 0. The third-order valence-corrected chi connectivity index (χ3v) is 2.50. The van der Waals surface area contributed by atoms with Crippen LogP contribution in [0.25, 0.3) is 0 Å². The quantitative estimate of drug-likeness (QED) is 0.637. The van der Waals surface area contributed by atoms with Gasteiger partial charge in [-0.05, 0) is 6.07 Å². The van der Waals surface area contributed by atoms with E-state index >= 15 is 0 Å². The Morgan fingerprint density at radius 3 is 2.68 bits per heavy atom. The Balaban J connectivity index is 2.82. The molecule has 0 spiro atoms. The van der Waals surface area contributed by atoms with Crippen LogP contribution in [0.5, 0.6) is 0 Å². The zero-order valence-corrected chi connectivity index (χ0v) is 10.1. The van der Waals surface area contributed by atoms with Crippen molar-refractivity contribution < 1.29 is 23.6 Å². The van der Waals surface area contributed by atoms with Gasteiger partial charge in [0.15, 0.2) is 0 Å². The molecule has 1 aromatic carbocycles. The van der Waals surface area contributed by atoms with Crippen LogP contribution < -0.4 is 5.32 Å². The van der Waals surface area contributed by atoms with Crippen molar-refractivity contribution in [1.82, 2.24) is 5.32 Å². The summed E-state index contributed by atoms with van der Waals surface area (Å²) in [5.74, 6) is -0.881. The molecule has 0 fully saturated rings. The number of aliphatic hydroxyl groups is 1. The van der Waals surface area contributed by atoms with Gasteiger partial charge in [-0.3, -0.25) is 14.9 Å². The molecular formula is C10H9ClF2N2O4. The number of amides is 1. The number of nitrogens with one attached hydrogen (secondary N) is 1. The highest BCUT2D eigenvalue weighted by atomic mass is 35.5. The molecule has 0 saturated heterocycles. The van der Waals surface area contributed by atoms with Gasteiger partial charge in [0.1, 0.15) is 6.10 Å². The second kappa shape index (κ2) is 6.39. The average Bonchev–Trinajstić information content (AvgIpc) is 2.35. The summed E-state index contributed by atoms with van der Waals surface area (Å²) >= 11 is 5.68. The fourth-order valence-corrected chi connectivity index (χ4v) is 1.39. The van der Waals surface area contributed by atoms with Gasteiger partial charge in [-0.25, -0.2) is 8.78 Å². The van der Waals surface area contributed by atoms with E-state index in [4.69, 9.17) is 16.7 Å². The number of nitro benzene ring substituents is 1. The molecule has 19 heavy (non-hydrogen) atoms. The second-order valence-corrected chi connectivity index (χ2v) is 3.94. The molecule has 1 amide bonds. The predicted octanol–water partition coefficient (Wildman–Crippen LogP) is 1.60. The van der Waals surface area contributed by atoms with Gasteiger partial charge in [0.2, 0.25) is 0 Å². The molecule has 1 unspecified atom stereocenters. The highest BCUT2D eigenvalue weighted by Crippen LogP contribution is 2.21. The highest BCUT2D eigenvalue weighted by Gasteiger charge is 2.20. The monoisotopic (exact) mass is 294 g/mol. The molecule has 0 heterocycles. The number of rotatable bonds is 5. The largest absolute Gasteiger partial charge is 0.385 e. The van der Waals surface area contributed by atoms with Crippen molar-refractivity contribution in [2.75, 3.05) is 6.54 Å². The number of alkyl halides is 2. The van der Waals surface area contributed by atoms with Crippen molar-refractivity contribution >= 4 is 23.2 Å². The molecule has 9 heteroatoms. The topological polar surface area (TPSA) is 92.5 Å². The van der Waals surface area contributed by atoms with Crippen molar-refractivity contribution in [3.63, 3.8) is 0 Å². The smallest absolute Gasteiger partial charge is 0.270 e. The molecule has 0 saturated carbocycles. The lowest BCUT2D eigenvalue weighted by Crippen LogP contribution is -2.35. The lowest BCUT2D eigenvalue weighted by molar-refractivity contribution is -0.384. The van der Waals surface area contributed by atoms with Crippen molar-refractivity contribution in [3.8, 4) is 0 Å². The van der Waals surface area contributed by atoms with Crippen LogP contribution in [0, 0.1) is 10.1 Å². The summed E-state index contributed by atoms with van der Waals surface area (Å²) in [6.07, 6.45) is -5.01. The Labute approximate surface area is 111 Å². The molecule has 0 aliphatic heterocycles. The zero-order valence-electron chi connectivity index (χ0n) is 9.35. The number of nitrogens with zero attached hydrogens (tertiary/aromatic N) is 1. The van der Waals surface area contributed by atoms with Gasteiger partial charge >= 0.3 is 0 Å². The molecule has 0 aliphatic rings. The van der Waals surface area contributed by atoms with E-state index in [1.165, 1.54) is 0 Å². The van der Waals surface area contributed by atoms with E-state index < -0.39 is 29.9 Å². The Morgan fingerprint density at radius 1 is 1.53 bits per heavy atom. The third-order valence-electron chi connectivity index (χ3n) is 2.17. The van der Waals surface area contributed by atoms with E-state index in [0.29, 0.717) is 0 Å². The van der Waals surface area contributed by atoms with Crippen LogP contribution in [0.15, 0.2) is 18.2 Å². The van der Waals surface area contributed by atoms with Crippen molar-refractivity contribution in [2.24, 2.45) is 0 Å². The van der Waals surface area contributed by atoms with E-state index in [1.54, 1.807) is 0 Å². The summed E-state index contributed by atoms with van der Waals surface area (Å²) in [5.41, 5.74) is -0.582. The summed E-state index contributed by atoms with van der Waals surface area (Å²) in [6.45, 7) is -0.685. The minimum atomic E-state index is -3.00. The lowest BCUT2D eigenvalue weighted by atomic mass is 10.2. The number of nitro groups is 1. The van der Waals surface area contributed by atoms with Crippen LogP contribution in [0.3, 0.4) is 0 Å². The molecule has 2 N–H and O–H groups in total. The highest BCUT2D eigenvalue weighted by molar-refractivity contribution is 6.33. The number of non-ortho nitro benzene ring substituents is 1. The molecule has 0 bridgehead atoms. The molecule has 6 nitrogen and oxygen atoms in total. The summed E-state index contributed by atoms with van der Waals surface area (Å²) in [6, 6.07) is 3.18.